The highest BCUT2D eigenvalue weighted by Crippen LogP contribution is 2.30. The Morgan fingerprint density at radius 2 is 1.86 bits per heavy atom. The van der Waals surface area contributed by atoms with E-state index in [0.717, 1.165) is 6.20 Å². The fourth-order valence-electron chi connectivity index (χ4n) is 3.21. The number of aliphatic hydroxyl groups is 5. The van der Waals surface area contributed by atoms with Gasteiger partial charge in [-0.3, -0.25) is 19.1 Å². The van der Waals surface area contributed by atoms with Gasteiger partial charge in [-0.1, -0.05) is 0 Å². The second-order valence-corrected chi connectivity index (χ2v) is 7.49. The van der Waals surface area contributed by atoms with Gasteiger partial charge in [0.05, 0.1) is 12.2 Å². The van der Waals surface area contributed by atoms with Crippen LogP contribution < -0.4 is 28.0 Å². The number of rotatable bonds is 10. The highest BCUT2D eigenvalue weighted by molar-refractivity contribution is 5.87. The highest BCUT2D eigenvalue weighted by atomic mass is 16.6. The summed E-state index contributed by atoms with van der Waals surface area (Å²) < 4.78 is 10.2. The van der Waals surface area contributed by atoms with Crippen LogP contribution >= 0.6 is 0 Å². The molecule has 1 aliphatic heterocycles. The number of carboxylic acid groups (broad SMARTS) is 1. The number of aliphatic carboxylic acids is 1. The molecule has 0 spiro atoms. The van der Waals surface area contributed by atoms with Crippen molar-refractivity contribution >= 4 is 18.0 Å². The summed E-state index contributed by atoms with van der Waals surface area (Å²) in [5.74, 6) is -3.13. The maximum atomic E-state index is 12.4. The Kier molecular flexibility index (Phi) is 9.04. The molecule has 0 saturated carbocycles. The topological polar surface area (TPSA) is 310 Å². The second kappa shape index (κ2) is 11.4. The number of aromatic nitrogens is 2. The second-order valence-electron chi connectivity index (χ2n) is 7.49. The molecule has 2 heterocycles. The number of nitrogens with one attached hydrogen (secondary N) is 2. The van der Waals surface area contributed by atoms with Gasteiger partial charge in [0, 0.05) is 6.20 Å². The Morgan fingerprint density at radius 3 is 2.40 bits per heavy atom. The van der Waals surface area contributed by atoms with Crippen LogP contribution in [0.15, 0.2) is 15.8 Å². The lowest BCUT2D eigenvalue weighted by Crippen LogP contribution is -2.60. The molecule has 18 nitrogen and oxygen atoms in total. The number of carbonyl (C=O) groups excluding carboxylic acids is 2. The van der Waals surface area contributed by atoms with Crippen LogP contribution in [0.4, 0.5) is 4.79 Å². The molecule has 12 N–H and O–H groups in total. The molecule has 0 aliphatic carbocycles. The minimum atomic E-state index is -2.09. The molecule has 196 valence electrons. The van der Waals surface area contributed by atoms with E-state index in [1.807, 2.05) is 10.3 Å². The number of nitrogens with two attached hydrogens (primary N) is 2. The zero-order valence-corrected chi connectivity index (χ0v) is 17.8. The number of hydrogen-bond donors (Lipinski definition) is 10. The van der Waals surface area contributed by atoms with Gasteiger partial charge < -0.3 is 56.9 Å². The maximum Gasteiger partial charge on any atom is 0.404 e. The largest absolute Gasteiger partial charge is 0.480 e. The molecule has 2 rings (SSSR count). The van der Waals surface area contributed by atoms with Gasteiger partial charge in [-0.2, -0.15) is 0 Å². The van der Waals surface area contributed by atoms with Crippen LogP contribution in [0.3, 0.4) is 0 Å². The smallest absolute Gasteiger partial charge is 0.404 e. The predicted molar refractivity (Wildman–Crippen MR) is 108 cm³/mol. The maximum absolute atomic E-state index is 12.4. The van der Waals surface area contributed by atoms with E-state index in [1.165, 1.54) is 0 Å². The first-order valence-electron chi connectivity index (χ1n) is 9.84. The quantitative estimate of drug-likeness (QED) is 0.141. The van der Waals surface area contributed by atoms with E-state index in [-0.39, 0.29) is 5.56 Å². The summed E-state index contributed by atoms with van der Waals surface area (Å²) >= 11 is 0. The van der Waals surface area contributed by atoms with Crippen LogP contribution in [0.5, 0.6) is 0 Å². The Bertz CT molecular complexity index is 1060. The van der Waals surface area contributed by atoms with Crippen molar-refractivity contribution in [3.63, 3.8) is 0 Å². The summed E-state index contributed by atoms with van der Waals surface area (Å²) in [5.41, 5.74) is 7.89. The zero-order valence-electron chi connectivity index (χ0n) is 17.8. The monoisotopic (exact) mass is 507 g/mol. The summed E-state index contributed by atoms with van der Waals surface area (Å²) in [6.07, 6.45) is -11.9. The summed E-state index contributed by atoms with van der Waals surface area (Å²) in [6.45, 7) is -1.63. The van der Waals surface area contributed by atoms with Crippen LogP contribution in [-0.4, -0.2) is 107 Å². The molecule has 1 aromatic rings. The van der Waals surface area contributed by atoms with Crippen molar-refractivity contribution in [1.82, 2.24) is 14.9 Å². The van der Waals surface area contributed by atoms with Crippen molar-refractivity contribution in [3.05, 3.63) is 32.6 Å². The summed E-state index contributed by atoms with van der Waals surface area (Å²) in [6, 6.07) is -4.05. The minimum Gasteiger partial charge on any atom is -0.480 e. The van der Waals surface area contributed by atoms with Crippen LogP contribution in [0.1, 0.15) is 11.8 Å². The van der Waals surface area contributed by atoms with E-state index in [0.29, 0.717) is 4.57 Å². The molecular weight excluding hydrogens is 482 g/mol. The zero-order chi connectivity index (χ0) is 26.6. The fourth-order valence-corrected chi connectivity index (χ4v) is 3.21. The number of aromatic amines is 1. The molecule has 18 heteroatoms. The van der Waals surface area contributed by atoms with Crippen molar-refractivity contribution in [2.24, 2.45) is 11.5 Å². The summed E-state index contributed by atoms with van der Waals surface area (Å²) in [4.78, 5) is 60.3. The Balaban J connectivity index is 2.22. The number of nitrogens with zero attached hydrogens (tertiary/aromatic N) is 1. The fraction of sp³-hybridized carbons (Fsp3) is 0.588. The third-order valence-electron chi connectivity index (χ3n) is 5.11. The molecule has 0 unspecified atom stereocenters. The Hall–Kier alpha value is -3.39. The summed E-state index contributed by atoms with van der Waals surface area (Å²) in [5, 5.41) is 61.0. The van der Waals surface area contributed by atoms with Crippen LogP contribution in [-0.2, 0) is 25.7 Å². The first-order valence-corrected chi connectivity index (χ1v) is 9.84. The molecule has 0 radical (unpaired) electrons. The third kappa shape index (κ3) is 6.19. The standard InChI is InChI=1S/C17H25N5O13/c18-6(8(25)5(24)3-34-16(19)32)13(29)20-7(15(30)31)11-9(26)10(27)14(35-11)22-1-4(2-23)12(28)21-17(22)33/h1,5-11,14,23-27H,2-3,18H2,(H2,19,32)(H,20,29)(H,30,31)(H,21,28,33)/t5-,6-,7-,8+,9+,10+,11+,14+/m0/s1. The molecule has 1 aliphatic rings. The van der Waals surface area contributed by atoms with E-state index in [4.69, 9.17) is 16.2 Å². The predicted octanol–water partition coefficient (Wildman–Crippen LogP) is -6.64. The van der Waals surface area contributed by atoms with Crippen LogP contribution in [0, 0.1) is 0 Å². The van der Waals surface area contributed by atoms with Crippen LogP contribution in [0.2, 0.25) is 0 Å². The first kappa shape index (κ1) is 27.9. The van der Waals surface area contributed by atoms with Crippen molar-refractivity contribution in [2.75, 3.05) is 6.61 Å². The number of carbonyl (C=O) groups is 3. The number of amides is 2. The van der Waals surface area contributed by atoms with E-state index in [9.17, 15) is 54.6 Å². The van der Waals surface area contributed by atoms with E-state index >= 15 is 0 Å². The van der Waals surface area contributed by atoms with Gasteiger partial charge in [-0.05, 0) is 0 Å². The molecule has 1 saturated heterocycles. The number of carboxylic acids is 1. The number of H-pyrrole nitrogens is 1. The third-order valence-corrected chi connectivity index (χ3v) is 5.11. The van der Waals surface area contributed by atoms with Gasteiger partial charge in [-0.15, -0.1) is 0 Å². The van der Waals surface area contributed by atoms with Gasteiger partial charge in [0.2, 0.25) is 5.91 Å². The van der Waals surface area contributed by atoms with Gasteiger partial charge >= 0.3 is 17.8 Å². The van der Waals surface area contributed by atoms with Crippen molar-refractivity contribution in [3.8, 4) is 0 Å². The van der Waals surface area contributed by atoms with Crippen molar-refractivity contribution < 1.29 is 54.5 Å². The van der Waals surface area contributed by atoms with Gasteiger partial charge in [0.1, 0.15) is 43.2 Å². The van der Waals surface area contributed by atoms with Crippen molar-refractivity contribution in [1.29, 1.82) is 0 Å². The molecule has 35 heavy (non-hydrogen) atoms. The van der Waals surface area contributed by atoms with Gasteiger partial charge in [0.15, 0.2) is 12.3 Å². The Morgan fingerprint density at radius 1 is 1.23 bits per heavy atom. The van der Waals surface area contributed by atoms with Crippen LogP contribution in [0.25, 0.3) is 0 Å². The number of hydrogen-bond acceptors (Lipinski definition) is 13. The normalized spacial score (nSPS) is 25.3. The average Bonchev–Trinajstić information content (AvgIpc) is 3.08. The lowest BCUT2D eigenvalue weighted by atomic mass is 10.0. The van der Waals surface area contributed by atoms with Gasteiger partial charge in [-0.25, -0.2) is 14.4 Å². The molecular formula is C17H25N5O13. The van der Waals surface area contributed by atoms with E-state index in [2.05, 4.69) is 4.74 Å². The van der Waals surface area contributed by atoms with Gasteiger partial charge in [0.25, 0.3) is 5.56 Å². The van der Waals surface area contributed by atoms with Crippen molar-refractivity contribution in [2.45, 2.75) is 55.4 Å². The summed E-state index contributed by atoms with van der Waals surface area (Å²) in [7, 11) is 0. The molecule has 2 amide bonds. The molecule has 1 fully saturated rings. The molecule has 8 atom stereocenters. The SMILES string of the molecule is NC(=O)OC[C@H](O)[C@@H](O)[C@H](N)C(=O)N[C@H](C(=O)O)[C@H]1O[C@@H](n2cc(CO)c(=O)[nH]c2=O)[C@H](O)[C@H]1O. The average molecular weight is 507 g/mol. The van der Waals surface area contributed by atoms with E-state index < -0.39 is 91.3 Å². The highest BCUT2D eigenvalue weighted by Gasteiger charge is 2.50. The molecule has 0 bridgehead atoms. The minimum absolute atomic E-state index is 0.305. The lowest BCUT2D eigenvalue weighted by molar-refractivity contribution is -0.150. The number of ether oxygens (including phenoxy) is 2. The number of primary amides is 1. The lowest BCUT2D eigenvalue weighted by Gasteiger charge is -2.27. The Labute approximate surface area is 194 Å². The first-order chi connectivity index (χ1) is 16.3. The molecule has 0 aromatic carbocycles. The molecule has 1 aromatic heterocycles. The van der Waals surface area contributed by atoms with E-state index in [1.54, 1.807) is 0 Å². The number of aliphatic hydroxyl groups excluding tert-OH is 5.